The molecule has 1 fully saturated rings. The molecule has 27 heavy (non-hydrogen) atoms. The van der Waals surface area contributed by atoms with Crippen LogP contribution in [0.2, 0.25) is 0 Å². The first-order valence-corrected chi connectivity index (χ1v) is 9.03. The molecule has 0 radical (unpaired) electrons. The van der Waals surface area contributed by atoms with Gasteiger partial charge in [-0.25, -0.2) is 18.8 Å². The molecule has 1 aliphatic heterocycles. The van der Waals surface area contributed by atoms with Gasteiger partial charge in [0.2, 0.25) is 5.60 Å². The summed E-state index contributed by atoms with van der Waals surface area (Å²) in [5.74, 6) is -3.35. The lowest BCUT2D eigenvalue weighted by atomic mass is 10.00. The minimum absolute atomic E-state index is 0.0177. The van der Waals surface area contributed by atoms with Crippen molar-refractivity contribution in [1.82, 2.24) is 4.90 Å². The standard InChI is InChI=1S/C17H19BrFNO7/c1-2-3-6-26-16(25)20-9-17(15(23)24,8-12(20)14(21)22)27-13-5-4-10(19)7-11(13)18/h4-5,7,12H,2-3,6,8-9H2,1H3,(H,21,22)(H,23,24)/t12-,17+/m0/s1. The van der Waals surface area contributed by atoms with Gasteiger partial charge in [-0.3, -0.25) is 4.90 Å². The Hall–Kier alpha value is -2.36. The monoisotopic (exact) mass is 447 g/mol. The van der Waals surface area contributed by atoms with E-state index in [1.165, 1.54) is 6.07 Å². The van der Waals surface area contributed by atoms with Crippen molar-refractivity contribution < 1.29 is 38.5 Å². The van der Waals surface area contributed by atoms with Gasteiger partial charge in [-0.15, -0.1) is 0 Å². The maximum atomic E-state index is 13.2. The molecule has 0 spiro atoms. The summed E-state index contributed by atoms with van der Waals surface area (Å²) in [6.45, 7) is 1.48. The van der Waals surface area contributed by atoms with Crippen LogP contribution in [-0.2, 0) is 14.3 Å². The van der Waals surface area contributed by atoms with Crippen molar-refractivity contribution in [2.45, 2.75) is 37.8 Å². The number of rotatable bonds is 7. The first-order valence-electron chi connectivity index (χ1n) is 8.24. The van der Waals surface area contributed by atoms with Crippen LogP contribution < -0.4 is 4.74 Å². The molecule has 0 unspecified atom stereocenters. The molecule has 10 heteroatoms. The van der Waals surface area contributed by atoms with Crippen molar-refractivity contribution in [1.29, 1.82) is 0 Å². The highest BCUT2D eigenvalue weighted by Crippen LogP contribution is 2.36. The summed E-state index contributed by atoms with van der Waals surface area (Å²) >= 11 is 3.08. The molecule has 1 aromatic rings. The molecule has 1 saturated heterocycles. The first-order chi connectivity index (χ1) is 12.7. The molecule has 0 aromatic heterocycles. The first kappa shape index (κ1) is 20.9. The lowest BCUT2D eigenvalue weighted by Gasteiger charge is -2.26. The lowest BCUT2D eigenvalue weighted by Crippen LogP contribution is -2.48. The van der Waals surface area contributed by atoms with Crippen LogP contribution >= 0.6 is 15.9 Å². The second kappa shape index (κ2) is 8.55. The van der Waals surface area contributed by atoms with Crippen LogP contribution in [0.25, 0.3) is 0 Å². The summed E-state index contributed by atoms with van der Waals surface area (Å²) in [5.41, 5.74) is -2.01. The van der Waals surface area contributed by atoms with E-state index in [-0.39, 0.29) is 16.8 Å². The van der Waals surface area contributed by atoms with Crippen molar-refractivity contribution >= 4 is 34.0 Å². The smallest absolute Gasteiger partial charge is 0.410 e. The highest BCUT2D eigenvalue weighted by atomic mass is 79.9. The third kappa shape index (κ3) is 4.68. The van der Waals surface area contributed by atoms with E-state index in [1.807, 2.05) is 6.92 Å². The van der Waals surface area contributed by atoms with E-state index in [0.717, 1.165) is 23.5 Å². The molecule has 148 valence electrons. The molecular formula is C17H19BrFNO7. The summed E-state index contributed by atoms with van der Waals surface area (Å²) in [6, 6.07) is 1.97. The normalized spacial score (nSPS) is 21.7. The number of aliphatic carboxylic acids is 2. The Morgan fingerprint density at radius 3 is 2.63 bits per heavy atom. The Balaban J connectivity index is 2.29. The van der Waals surface area contributed by atoms with E-state index in [9.17, 15) is 29.0 Å². The summed E-state index contributed by atoms with van der Waals surface area (Å²) in [4.78, 5) is 36.6. The number of halogens is 2. The highest BCUT2D eigenvalue weighted by molar-refractivity contribution is 9.10. The van der Waals surface area contributed by atoms with Crippen LogP contribution in [0, 0.1) is 5.82 Å². The van der Waals surface area contributed by atoms with E-state index >= 15 is 0 Å². The van der Waals surface area contributed by atoms with E-state index < -0.39 is 48.5 Å². The number of ether oxygens (including phenoxy) is 2. The van der Waals surface area contributed by atoms with Crippen LogP contribution in [0.4, 0.5) is 9.18 Å². The maximum absolute atomic E-state index is 13.2. The van der Waals surface area contributed by atoms with Gasteiger partial charge in [0, 0.05) is 6.42 Å². The fourth-order valence-corrected chi connectivity index (χ4v) is 3.14. The number of benzene rings is 1. The third-order valence-electron chi connectivity index (χ3n) is 4.16. The molecule has 0 saturated carbocycles. The molecule has 8 nitrogen and oxygen atoms in total. The SMILES string of the molecule is CCCCOC(=O)N1C[C@@](Oc2ccc(F)cc2Br)(C(=O)O)C[C@H]1C(=O)O. The molecule has 0 aliphatic carbocycles. The molecular weight excluding hydrogens is 429 g/mol. The molecule has 1 amide bonds. The number of hydrogen-bond donors (Lipinski definition) is 2. The number of carbonyl (C=O) groups excluding carboxylic acids is 1. The molecule has 1 heterocycles. The van der Waals surface area contributed by atoms with Crippen LogP contribution in [0.15, 0.2) is 22.7 Å². The van der Waals surface area contributed by atoms with Gasteiger partial charge in [0.15, 0.2) is 0 Å². The molecule has 1 aliphatic rings. The summed E-state index contributed by atoms with van der Waals surface area (Å²) in [5, 5.41) is 19.1. The summed E-state index contributed by atoms with van der Waals surface area (Å²) in [7, 11) is 0. The van der Waals surface area contributed by atoms with Gasteiger partial charge in [0.05, 0.1) is 17.6 Å². The number of hydrogen-bond acceptors (Lipinski definition) is 5. The Morgan fingerprint density at radius 2 is 2.07 bits per heavy atom. The fourth-order valence-electron chi connectivity index (χ4n) is 2.71. The fraction of sp³-hybridized carbons (Fsp3) is 0.471. The van der Waals surface area contributed by atoms with E-state index in [1.54, 1.807) is 0 Å². The van der Waals surface area contributed by atoms with E-state index in [2.05, 4.69) is 15.9 Å². The minimum Gasteiger partial charge on any atom is -0.480 e. The molecule has 2 rings (SSSR count). The highest BCUT2D eigenvalue weighted by Gasteiger charge is 2.56. The third-order valence-corrected chi connectivity index (χ3v) is 4.78. The number of carboxylic acids is 2. The Labute approximate surface area is 163 Å². The van der Waals surface area contributed by atoms with Crippen LogP contribution in [0.5, 0.6) is 5.75 Å². The number of nitrogens with zero attached hydrogens (tertiary/aromatic N) is 1. The molecule has 1 aromatic carbocycles. The van der Waals surface area contributed by atoms with Crippen molar-refractivity contribution in [3.8, 4) is 5.75 Å². The predicted molar refractivity (Wildman–Crippen MR) is 94.1 cm³/mol. The predicted octanol–water partition coefficient (Wildman–Crippen LogP) is 2.89. The second-order valence-electron chi connectivity index (χ2n) is 6.13. The molecule has 0 bridgehead atoms. The van der Waals surface area contributed by atoms with Gasteiger partial charge in [0.25, 0.3) is 0 Å². The van der Waals surface area contributed by atoms with Crippen molar-refractivity contribution in [3.63, 3.8) is 0 Å². The number of unbranched alkanes of at least 4 members (excludes halogenated alkanes) is 1. The number of amides is 1. The second-order valence-corrected chi connectivity index (χ2v) is 6.98. The van der Waals surface area contributed by atoms with Gasteiger partial charge in [-0.1, -0.05) is 13.3 Å². The topological polar surface area (TPSA) is 113 Å². The van der Waals surface area contributed by atoms with Crippen molar-refractivity contribution in [2.24, 2.45) is 0 Å². The minimum atomic E-state index is -2.01. The Bertz CT molecular complexity index is 744. The van der Waals surface area contributed by atoms with Crippen LogP contribution in [-0.4, -0.2) is 57.9 Å². The zero-order valence-electron chi connectivity index (χ0n) is 14.5. The summed E-state index contributed by atoms with van der Waals surface area (Å²) in [6.07, 6.45) is -0.0259. The van der Waals surface area contributed by atoms with E-state index in [4.69, 9.17) is 9.47 Å². The maximum Gasteiger partial charge on any atom is 0.410 e. The van der Waals surface area contributed by atoms with Crippen molar-refractivity contribution in [2.75, 3.05) is 13.2 Å². The van der Waals surface area contributed by atoms with Gasteiger partial charge < -0.3 is 19.7 Å². The Kier molecular flexibility index (Phi) is 6.63. The molecule has 2 atom stereocenters. The molecule has 2 N–H and O–H groups in total. The number of likely N-dealkylation sites (tertiary alicyclic amines) is 1. The Morgan fingerprint density at radius 1 is 1.37 bits per heavy atom. The van der Waals surface area contributed by atoms with Gasteiger partial charge in [-0.2, -0.15) is 0 Å². The van der Waals surface area contributed by atoms with Gasteiger partial charge in [0.1, 0.15) is 17.6 Å². The zero-order valence-corrected chi connectivity index (χ0v) is 16.1. The van der Waals surface area contributed by atoms with E-state index in [0.29, 0.717) is 6.42 Å². The largest absolute Gasteiger partial charge is 0.480 e. The lowest BCUT2D eigenvalue weighted by molar-refractivity contribution is -0.154. The van der Waals surface area contributed by atoms with Gasteiger partial charge >= 0.3 is 18.0 Å². The zero-order chi connectivity index (χ0) is 20.2. The van der Waals surface area contributed by atoms with Gasteiger partial charge in [-0.05, 0) is 40.5 Å². The number of carbonyl (C=O) groups is 3. The van der Waals surface area contributed by atoms with Crippen LogP contribution in [0.3, 0.4) is 0 Å². The average molecular weight is 448 g/mol. The average Bonchev–Trinajstić information content (AvgIpc) is 2.99. The quantitative estimate of drug-likeness (QED) is 0.617. The van der Waals surface area contributed by atoms with Crippen LogP contribution in [0.1, 0.15) is 26.2 Å². The summed E-state index contributed by atoms with van der Waals surface area (Å²) < 4.78 is 24.0. The number of carboxylic acid groups (broad SMARTS) is 2. The van der Waals surface area contributed by atoms with Crippen molar-refractivity contribution in [3.05, 3.63) is 28.5 Å².